The van der Waals surface area contributed by atoms with Crippen LogP contribution in [0.2, 0.25) is 5.02 Å². The summed E-state index contributed by atoms with van der Waals surface area (Å²) in [6.07, 6.45) is 4.74. The van der Waals surface area contributed by atoms with Crippen molar-refractivity contribution in [1.82, 2.24) is 4.98 Å². The molecule has 0 bridgehead atoms. The van der Waals surface area contributed by atoms with Gasteiger partial charge >= 0.3 is 0 Å². The topological polar surface area (TPSA) is 96.4 Å². The molecule has 0 saturated heterocycles. The second kappa shape index (κ2) is 12.0. The van der Waals surface area contributed by atoms with Crippen molar-refractivity contribution >= 4 is 66.7 Å². The normalized spacial score (nSPS) is 11.7. The van der Waals surface area contributed by atoms with Gasteiger partial charge in [0.1, 0.15) is 10.8 Å². The summed E-state index contributed by atoms with van der Waals surface area (Å²) in [5.74, 6) is -0.461. The number of carbonyl (C=O) groups is 1. The molecule has 0 fully saturated rings. The summed E-state index contributed by atoms with van der Waals surface area (Å²) in [6, 6.07) is 26.1. The molecule has 1 aromatic heterocycles. The molecule has 2 N–H and O–H groups in total. The van der Waals surface area contributed by atoms with Crippen molar-refractivity contribution in [2.24, 2.45) is 0 Å². The first-order valence-electron chi connectivity index (χ1n) is 12.5. The lowest BCUT2D eigenvalue weighted by molar-refractivity contribution is 0.102. The van der Waals surface area contributed by atoms with Crippen LogP contribution in [0.5, 0.6) is 5.75 Å². The second-order valence-electron chi connectivity index (χ2n) is 9.16. The number of nitrogens with one attached hydrogen (secondary N) is 1. The predicted octanol–water partition coefficient (Wildman–Crippen LogP) is 7.48. The SMILES string of the molecule is O=C(Nc1cc(CCCS(=O)(=O)c2ccc(Cl)cc2)ccc1O)c1ccc(C=Cc2nc3ccccc3s2)cc1. The zero-order valence-electron chi connectivity index (χ0n) is 21.2. The number of aromatic nitrogens is 1. The minimum atomic E-state index is -3.44. The van der Waals surface area contributed by atoms with Crippen LogP contribution in [0.15, 0.2) is 95.9 Å². The summed E-state index contributed by atoms with van der Waals surface area (Å²) in [6.45, 7) is 0. The number of rotatable bonds is 9. The van der Waals surface area contributed by atoms with E-state index in [1.165, 1.54) is 18.2 Å². The zero-order valence-corrected chi connectivity index (χ0v) is 23.6. The van der Waals surface area contributed by atoms with Gasteiger partial charge < -0.3 is 10.4 Å². The van der Waals surface area contributed by atoms with E-state index < -0.39 is 9.84 Å². The summed E-state index contributed by atoms with van der Waals surface area (Å²) in [7, 11) is -3.44. The highest BCUT2D eigenvalue weighted by Gasteiger charge is 2.15. The highest BCUT2D eigenvalue weighted by molar-refractivity contribution is 7.91. The van der Waals surface area contributed by atoms with Crippen molar-refractivity contribution in [3.63, 3.8) is 0 Å². The molecule has 0 aliphatic carbocycles. The molecule has 0 aliphatic rings. The third-order valence-electron chi connectivity index (χ3n) is 6.26. The first-order valence-corrected chi connectivity index (χ1v) is 15.4. The Kier molecular flexibility index (Phi) is 8.30. The number of benzene rings is 4. The number of halogens is 1. The van der Waals surface area contributed by atoms with Crippen molar-refractivity contribution in [3.8, 4) is 5.75 Å². The van der Waals surface area contributed by atoms with Crippen LogP contribution < -0.4 is 5.32 Å². The third-order valence-corrected chi connectivity index (χ3v) is 9.33. The van der Waals surface area contributed by atoms with Crippen LogP contribution in [-0.4, -0.2) is 30.2 Å². The highest BCUT2D eigenvalue weighted by Crippen LogP contribution is 2.27. The molecule has 9 heteroatoms. The predicted molar refractivity (Wildman–Crippen MR) is 163 cm³/mol. The van der Waals surface area contributed by atoms with Crippen molar-refractivity contribution in [2.45, 2.75) is 17.7 Å². The Morgan fingerprint density at radius 2 is 1.70 bits per heavy atom. The van der Waals surface area contributed by atoms with Crippen LogP contribution in [0.25, 0.3) is 22.4 Å². The monoisotopic (exact) mass is 588 g/mol. The first kappa shape index (κ1) is 27.6. The molecule has 0 spiro atoms. The van der Waals surface area contributed by atoms with Crippen LogP contribution in [0.1, 0.15) is 32.9 Å². The molecular weight excluding hydrogens is 564 g/mol. The molecule has 202 valence electrons. The van der Waals surface area contributed by atoms with E-state index in [0.29, 0.717) is 23.4 Å². The number of thiazole rings is 1. The Labute approximate surface area is 241 Å². The van der Waals surface area contributed by atoms with E-state index in [4.69, 9.17) is 11.6 Å². The summed E-state index contributed by atoms with van der Waals surface area (Å²) in [4.78, 5) is 17.7. The largest absolute Gasteiger partial charge is 0.506 e. The Morgan fingerprint density at radius 1 is 0.950 bits per heavy atom. The summed E-state index contributed by atoms with van der Waals surface area (Å²) in [5, 5.41) is 14.4. The molecule has 40 heavy (non-hydrogen) atoms. The maximum atomic E-state index is 12.9. The second-order valence-corrected chi connectivity index (χ2v) is 12.8. The lowest BCUT2D eigenvalue weighted by atomic mass is 10.1. The summed E-state index contributed by atoms with van der Waals surface area (Å²) in [5.41, 5.74) is 3.40. The molecule has 0 aliphatic heterocycles. The summed E-state index contributed by atoms with van der Waals surface area (Å²) >= 11 is 7.47. The van der Waals surface area contributed by atoms with Gasteiger partial charge in [-0.15, -0.1) is 11.3 Å². The van der Waals surface area contributed by atoms with Crippen LogP contribution >= 0.6 is 22.9 Å². The molecular formula is C31H25ClN2O4S2. The van der Waals surface area contributed by atoms with E-state index in [-0.39, 0.29) is 28.0 Å². The Balaban J connectivity index is 1.19. The smallest absolute Gasteiger partial charge is 0.255 e. The first-order chi connectivity index (χ1) is 19.3. The molecule has 1 amide bonds. The maximum absolute atomic E-state index is 12.9. The van der Waals surface area contributed by atoms with Gasteiger partial charge in [0.25, 0.3) is 5.91 Å². The average Bonchev–Trinajstić information content (AvgIpc) is 3.37. The van der Waals surface area contributed by atoms with E-state index in [9.17, 15) is 18.3 Å². The fourth-order valence-corrected chi connectivity index (χ4v) is 6.44. The Hall–Kier alpha value is -3.98. The number of aryl methyl sites for hydroxylation is 1. The van der Waals surface area contributed by atoms with Gasteiger partial charge in [-0.2, -0.15) is 0 Å². The molecule has 0 atom stereocenters. The van der Waals surface area contributed by atoms with Gasteiger partial charge in [0.05, 0.1) is 26.6 Å². The minimum Gasteiger partial charge on any atom is -0.506 e. The van der Waals surface area contributed by atoms with Crippen LogP contribution in [0.3, 0.4) is 0 Å². The van der Waals surface area contributed by atoms with Gasteiger partial charge in [-0.05, 0) is 90.7 Å². The van der Waals surface area contributed by atoms with Crippen LogP contribution in [0.4, 0.5) is 5.69 Å². The van der Waals surface area contributed by atoms with E-state index in [0.717, 1.165) is 26.4 Å². The van der Waals surface area contributed by atoms with Crippen LogP contribution in [0, 0.1) is 0 Å². The quantitative estimate of drug-likeness (QED) is 0.174. The van der Waals surface area contributed by atoms with E-state index in [1.54, 1.807) is 47.7 Å². The fraction of sp³-hybridized carbons (Fsp3) is 0.0968. The van der Waals surface area contributed by atoms with E-state index in [1.807, 2.05) is 48.6 Å². The van der Waals surface area contributed by atoms with Crippen molar-refractivity contribution in [2.75, 3.05) is 11.1 Å². The summed E-state index contributed by atoms with van der Waals surface area (Å²) < 4.78 is 26.3. The van der Waals surface area contributed by atoms with Crippen LogP contribution in [-0.2, 0) is 16.3 Å². The van der Waals surface area contributed by atoms with Gasteiger partial charge in [-0.25, -0.2) is 13.4 Å². The lowest BCUT2D eigenvalue weighted by Gasteiger charge is -2.10. The third kappa shape index (κ3) is 6.77. The number of phenols is 1. The van der Waals surface area contributed by atoms with Gasteiger partial charge in [-0.3, -0.25) is 4.79 Å². The number of hydrogen-bond donors (Lipinski definition) is 2. The fourth-order valence-electron chi connectivity index (χ4n) is 4.13. The zero-order chi connectivity index (χ0) is 28.1. The highest BCUT2D eigenvalue weighted by atomic mass is 35.5. The standard InChI is InChI=1S/C31H25ClN2O4S2/c32-24-13-15-25(16-14-24)40(37,38)19-3-4-22-9-17-28(35)27(20-22)34-31(36)23-11-7-21(8-12-23)10-18-30-33-26-5-1-2-6-29(26)39-30/h1-2,5-18,20,35H,3-4,19H2,(H,34,36). The van der Waals surface area contributed by atoms with Gasteiger partial charge in [0, 0.05) is 10.6 Å². The van der Waals surface area contributed by atoms with Crippen molar-refractivity contribution < 1.29 is 18.3 Å². The number of carbonyl (C=O) groups excluding carboxylic acids is 1. The lowest BCUT2D eigenvalue weighted by Crippen LogP contribution is -2.12. The number of hydrogen-bond acceptors (Lipinski definition) is 6. The van der Waals surface area contributed by atoms with E-state index in [2.05, 4.69) is 10.3 Å². The number of para-hydroxylation sites is 1. The molecule has 4 aromatic carbocycles. The number of aromatic hydroxyl groups is 1. The number of amides is 1. The number of anilines is 1. The van der Waals surface area contributed by atoms with Crippen molar-refractivity contribution in [1.29, 1.82) is 0 Å². The van der Waals surface area contributed by atoms with Crippen molar-refractivity contribution in [3.05, 3.63) is 118 Å². The number of phenolic OH excluding ortho intramolecular Hbond substituents is 1. The Morgan fingerprint density at radius 3 is 2.45 bits per heavy atom. The van der Waals surface area contributed by atoms with Gasteiger partial charge in [-0.1, -0.05) is 48.0 Å². The molecule has 0 radical (unpaired) electrons. The molecule has 5 aromatic rings. The van der Waals surface area contributed by atoms with Gasteiger partial charge in [0.15, 0.2) is 9.84 Å². The average molecular weight is 589 g/mol. The molecule has 0 unspecified atom stereocenters. The molecule has 0 saturated carbocycles. The maximum Gasteiger partial charge on any atom is 0.255 e. The number of nitrogens with zero attached hydrogens (tertiary/aromatic N) is 1. The van der Waals surface area contributed by atoms with Gasteiger partial charge in [0.2, 0.25) is 0 Å². The number of sulfone groups is 1. The number of fused-ring (bicyclic) bond motifs is 1. The molecule has 1 heterocycles. The minimum absolute atomic E-state index is 0.0308. The van der Waals surface area contributed by atoms with E-state index >= 15 is 0 Å². The Bertz CT molecular complexity index is 1760. The molecule has 6 nitrogen and oxygen atoms in total. The molecule has 5 rings (SSSR count).